The van der Waals surface area contributed by atoms with Gasteiger partial charge in [-0.15, -0.1) is 0 Å². The molecule has 0 aliphatic carbocycles. The zero-order valence-electron chi connectivity index (χ0n) is 10.8. The molecule has 19 heavy (non-hydrogen) atoms. The summed E-state index contributed by atoms with van der Waals surface area (Å²) < 4.78 is 13.7. The average molecular weight is 328 g/mol. The molecule has 1 atom stereocenters. The number of benzene rings is 1. The maximum absolute atomic E-state index is 13.2. The minimum atomic E-state index is -0.487. The first-order valence-corrected chi connectivity index (χ1v) is 6.99. The molecule has 3 nitrogen and oxygen atoms in total. The predicted octanol–water partition coefficient (Wildman–Crippen LogP) is 3.23. The van der Waals surface area contributed by atoms with Crippen LogP contribution in [0.4, 0.5) is 4.39 Å². The van der Waals surface area contributed by atoms with E-state index < -0.39 is 11.7 Å². The number of nitrogens with zero attached hydrogens (tertiary/aromatic N) is 1. The lowest BCUT2D eigenvalue weighted by molar-refractivity contribution is -0.125. The second kappa shape index (κ2) is 5.41. The van der Waals surface area contributed by atoms with Crippen LogP contribution in [0.25, 0.3) is 0 Å². The molecule has 1 aromatic carbocycles. The fraction of sp³-hybridized carbons (Fsp3) is 0.429. The van der Waals surface area contributed by atoms with Crippen LogP contribution in [0.3, 0.4) is 0 Å². The Balaban J connectivity index is 2.25. The van der Waals surface area contributed by atoms with Gasteiger partial charge in [0.2, 0.25) is 5.91 Å². The van der Waals surface area contributed by atoms with E-state index in [0.29, 0.717) is 23.4 Å². The van der Waals surface area contributed by atoms with Crippen molar-refractivity contribution >= 4 is 27.7 Å². The Morgan fingerprint density at radius 3 is 2.74 bits per heavy atom. The van der Waals surface area contributed by atoms with E-state index in [1.165, 1.54) is 17.0 Å². The maximum Gasteiger partial charge on any atom is 0.261 e. The van der Waals surface area contributed by atoms with Crippen molar-refractivity contribution in [2.45, 2.75) is 20.3 Å². The highest BCUT2D eigenvalue weighted by molar-refractivity contribution is 9.10. The summed E-state index contributed by atoms with van der Waals surface area (Å²) in [5, 5.41) is 0. The van der Waals surface area contributed by atoms with Crippen molar-refractivity contribution in [1.29, 1.82) is 0 Å². The van der Waals surface area contributed by atoms with Crippen LogP contribution < -0.4 is 0 Å². The van der Waals surface area contributed by atoms with Crippen LogP contribution in [0.15, 0.2) is 22.7 Å². The second-order valence-electron chi connectivity index (χ2n) is 5.14. The van der Waals surface area contributed by atoms with Gasteiger partial charge in [0.05, 0.1) is 5.56 Å². The van der Waals surface area contributed by atoms with Gasteiger partial charge >= 0.3 is 0 Å². The van der Waals surface area contributed by atoms with Crippen molar-refractivity contribution in [3.05, 3.63) is 34.1 Å². The highest BCUT2D eigenvalue weighted by Crippen LogP contribution is 2.28. The number of carbonyl (C=O) groups is 2. The molecule has 0 radical (unpaired) electrons. The van der Waals surface area contributed by atoms with Crippen LogP contribution in [0, 0.1) is 17.7 Å². The second-order valence-corrected chi connectivity index (χ2v) is 6.00. The first-order valence-electron chi connectivity index (χ1n) is 6.20. The van der Waals surface area contributed by atoms with E-state index in [4.69, 9.17) is 0 Å². The average Bonchev–Trinajstić information content (AvgIpc) is 2.74. The number of likely N-dealkylation sites (tertiary alicyclic amines) is 1. The molecule has 1 heterocycles. The lowest BCUT2D eigenvalue weighted by atomic mass is 9.95. The number of amides is 2. The summed E-state index contributed by atoms with van der Waals surface area (Å²) in [7, 11) is 0. The number of hydrogen-bond donors (Lipinski definition) is 0. The monoisotopic (exact) mass is 327 g/mol. The fourth-order valence-corrected chi connectivity index (χ4v) is 2.60. The van der Waals surface area contributed by atoms with Gasteiger partial charge in [0.25, 0.3) is 5.91 Å². The first kappa shape index (κ1) is 14.2. The van der Waals surface area contributed by atoms with Gasteiger partial charge in [0.15, 0.2) is 0 Å². The Bertz CT molecular complexity index is 530. The molecule has 0 aromatic heterocycles. The molecule has 0 spiro atoms. The van der Waals surface area contributed by atoms with Crippen molar-refractivity contribution in [2.75, 3.05) is 6.54 Å². The number of rotatable bonds is 2. The van der Waals surface area contributed by atoms with Crippen LogP contribution in [-0.2, 0) is 4.79 Å². The smallest absolute Gasteiger partial charge is 0.261 e. The third-order valence-corrected chi connectivity index (χ3v) is 4.19. The highest BCUT2D eigenvalue weighted by Gasteiger charge is 2.36. The molecule has 1 saturated heterocycles. The quantitative estimate of drug-likeness (QED) is 0.782. The Hall–Kier alpha value is -1.23. The zero-order chi connectivity index (χ0) is 14.2. The molecule has 2 amide bonds. The number of halogens is 2. The van der Waals surface area contributed by atoms with Crippen molar-refractivity contribution < 1.29 is 14.0 Å². The number of hydrogen-bond acceptors (Lipinski definition) is 2. The van der Waals surface area contributed by atoms with Gasteiger partial charge in [-0.3, -0.25) is 14.5 Å². The fourth-order valence-electron chi connectivity index (χ4n) is 2.18. The Morgan fingerprint density at radius 1 is 1.47 bits per heavy atom. The van der Waals surface area contributed by atoms with E-state index >= 15 is 0 Å². The van der Waals surface area contributed by atoms with E-state index in [2.05, 4.69) is 15.9 Å². The molecule has 1 aliphatic rings. The number of imide groups is 1. The normalized spacial score (nSPS) is 19.3. The number of carbonyl (C=O) groups excluding carboxylic acids is 2. The van der Waals surface area contributed by atoms with Crippen molar-refractivity contribution in [1.82, 2.24) is 4.90 Å². The molecule has 0 bridgehead atoms. The summed E-state index contributed by atoms with van der Waals surface area (Å²) in [5.74, 6) is -0.570. The largest absolute Gasteiger partial charge is 0.278 e. The lowest BCUT2D eigenvalue weighted by Crippen LogP contribution is -2.33. The molecule has 1 fully saturated rings. The summed E-state index contributed by atoms with van der Waals surface area (Å²) in [6.45, 7) is 4.48. The molecule has 1 aromatic rings. The van der Waals surface area contributed by atoms with Crippen LogP contribution in [0.1, 0.15) is 30.6 Å². The molecular weight excluding hydrogens is 313 g/mol. The molecule has 1 unspecified atom stereocenters. The van der Waals surface area contributed by atoms with Crippen molar-refractivity contribution in [3.8, 4) is 0 Å². The van der Waals surface area contributed by atoms with Gasteiger partial charge < -0.3 is 0 Å². The third kappa shape index (κ3) is 2.86. The maximum atomic E-state index is 13.2. The van der Waals surface area contributed by atoms with Crippen LogP contribution in [0.2, 0.25) is 0 Å². The summed E-state index contributed by atoms with van der Waals surface area (Å²) in [5.41, 5.74) is 0.192. The minimum Gasteiger partial charge on any atom is -0.278 e. The molecule has 2 rings (SSSR count). The molecule has 0 saturated carbocycles. The SMILES string of the molecule is CC(C)C1CC(=O)N(C(=O)c2cc(F)ccc2Br)C1. The van der Waals surface area contributed by atoms with E-state index in [9.17, 15) is 14.0 Å². The molecule has 0 N–H and O–H groups in total. The van der Waals surface area contributed by atoms with Crippen LogP contribution in [0.5, 0.6) is 0 Å². The third-order valence-electron chi connectivity index (χ3n) is 3.50. The van der Waals surface area contributed by atoms with Gasteiger partial charge in [-0.1, -0.05) is 13.8 Å². The zero-order valence-corrected chi connectivity index (χ0v) is 12.4. The minimum absolute atomic E-state index is 0.181. The standard InChI is InChI=1S/C14H15BrFNO2/c1-8(2)9-5-13(18)17(7-9)14(19)11-6-10(16)3-4-12(11)15/h3-4,6,8-9H,5,7H2,1-2H3. The summed E-state index contributed by atoms with van der Waals surface area (Å²) in [6, 6.07) is 3.90. The summed E-state index contributed by atoms with van der Waals surface area (Å²) in [6.07, 6.45) is 0.385. The molecule has 102 valence electrons. The van der Waals surface area contributed by atoms with Gasteiger partial charge in [0, 0.05) is 17.4 Å². The predicted molar refractivity (Wildman–Crippen MR) is 73.1 cm³/mol. The Morgan fingerprint density at radius 2 is 2.16 bits per heavy atom. The Kier molecular flexibility index (Phi) is 4.04. The Labute approximate surface area is 119 Å². The first-order chi connectivity index (χ1) is 8.90. The van der Waals surface area contributed by atoms with Crippen LogP contribution in [-0.4, -0.2) is 23.3 Å². The van der Waals surface area contributed by atoms with Gasteiger partial charge in [-0.05, 0) is 46.0 Å². The lowest BCUT2D eigenvalue weighted by Gasteiger charge is -2.17. The summed E-state index contributed by atoms with van der Waals surface area (Å²) >= 11 is 3.22. The van der Waals surface area contributed by atoms with Crippen molar-refractivity contribution in [2.24, 2.45) is 11.8 Å². The molecule has 1 aliphatic heterocycles. The van der Waals surface area contributed by atoms with E-state index in [-0.39, 0.29) is 17.4 Å². The van der Waals surface area contributed by atoms with Gasteiger partial charge in [-0.25, -0.2) is 4.39 Å². The van der Waals surface area contributed by atoms with Gasteiger partial charge in [-0.2, -0.15) is 0 Å². The summed E-state index contributed by atoms with van der Waals surface area (Å²) in [4.78, 5) is 25.4. The highest BCUT2D eigenvalue weighted by atomic mass is 79.9. The van der Waals surface area contributed by atoms with Crippen molar-refractivity contribution in [3.63, 3.8) is 0 Å². The molecule has 5 heteroatoms. The van der Waals surface area contributed by atoms with E-state index in [1.807, 2.05) is 13.8 Å². The molecular formula is C14H15BrFNO2. The van der Waals surface area contributed by atoms with E-state index in [1.54, 1.807) is 0 Å². The van der Waals surface area contributed by atoms with Gasteiger partial charge in [0.1, 0.15) is 5.82 Å². The topological polar surface area (TPSA) is 37.4 Å². The van der Waals surface area contributed by atoms with Crippen LogP contribution >= 0.6 is 15.9 Å². The van der Waals surface area contributed by atoms with E-state index in [0.717, 1.165) is 6.07 Å².